The smallest absolute Gasteiger partial charge is 0.201 e. The lowest BCUT2D eigenvalue weighted by atomic mass is 9.58. The van der Waals surface area contributed by atoms with Crippen molar-refractivity contribution in [3.8, 4) is 0 Å². The maximum Gasteiger partial charge on any atom is 0.201 e. The lowest BCUT2D eigenvalue weighted by Crippen LogP contribution is -2.70. The van der Waals surface area contributed by atoms with Crippen molar-refractivity contribution in [3.63, 3.8) is 0 Å². The number of hydrogen-bond acceptors (Lipinski definition) is 5. The Morgan fingerprint density at radius 3 is 2.73 bits per heavy atom. The van der Waals surface area contributed by atoms with Gasteiger partial charge in [0.1, 0.15) is 6.23 Å². The van der Waals surface area contributed by atoms with E-state index in [1.165, 1.54) is 0 Å². The van der Waals surface area contributed by atoms with Gasteiger partial charge in [-0.05, 0) is 49.5 Å². The summed E-state index contributed by atoms with van der Waals surface area (Å²) in [5, 5.41) is 3.84. The molecule has 7 nitrogen and oxygen atoms in total. The van der Waals surface area contributed by atoms with Crippen LogP contribution in [0.5, 0.6) is 0 Å². The molecule has 0 radical (unpaired) electrons. The summed E-state index contributed by atoms with van der Waals surface area (Å²) >= 11 is 0. The molecule has 0 N–H and O–H groups in total. The van der Waals surface area contributed by atoms with Crippen molar-refractivity contribution in [3.05, 3.63) is 10.4 Å². The molecule has 1 unspecified atom stereocenters. The van der Waals surface area contributed by atoms with Crippen molar-refractivity contribution in [1.29, 1.82) is 0 Å². The number of nitrogens with zero attached hydrogens (tertiary/aromatic N) is 3. The van der Waals surface area contributed by atoms with E-state index < -0.39 is 23.9 Å². The first-order valence-electron chi connectivity index (χ1n) is 8.24. The normalized spacial score (nSPS) is 56.7. The molecular formula is C15H23N3O4. The van der Waals surface area contributed by atoms with Crippen LogP contribution in [0, 0.1) is 23.7 Å². The van der Waals surface area contributed by atoms with E-state index in [1.807, 2.05) is 6.92 Å². The summed E-state index contributed by atoms with van der Waals surface area (Å²) < 4.78 is 12.2. The summed E-state index contributed by atoms with van der Waals surface area (Å²) in [6, 6.07) is 0. The van der Waals surface area contributed by atoms with Gasteiger partial charge in [0.25, 0.3) is 0 Å². The molecule has 4 heterocycles. The Morgan fingerprint density at radius 2 is 1.95 bits per heavy atom. The minimum Gasteiger partial charge on any atom is -0.340 e. The highest BCUT2D eigenvalue weighted by molar-refractivity contribution is 5.09. The fourth-order valence-electron chi connectivity index (χ4n) is 5.07. The molecule has 5 fully saturated rings. The van der Waals surface area contributed by atoms with Crippen LogP contribution in [-0.4, -0.2) is 23.9 Å². The van der Waals surface area contributed by atoms with E-state index >= 15 is 0 Å². The van der Waals surface area contributed by atoms with Gasteiger partial charge < -0.3 is 9.47 Å². The number of rotatable bonds is 1. The molecule has 1 aliphatic carbocycles. The highest BCUT2D eigenvalue weighted by atomic mass is 17.3. The maximum absolute atomic E-state index is 8.82. The fraction of sp³-hybridized carbons (Fsp3) is 1.00. The molecule has 7 heteroatoms. The summed E-state index contributed by atoms with van der Waals surface area (Å²) in [5.74, 6) is 0.398. The van der Waals surface area contributed by atoms with E-state index in [0.717, 1.165) is 25.7 Å². The lowest BCUT2D eigenvalue weighted by Gasteiger charge is -2.60. The van der Waals surface area contributed by atoms with Crippen LogP contribution in [0.2, 0.25) is 0 Å². The van der Waals surface area contributed by atoms with Crippen LogP contribution < -0.4 is 0 Å². The lowest BCUT2D eigenvalue weighted by molar-refractivity contribution is -0.570. The zero-order chi connectivity index (χ0) is 15.5. The van der Waals surface area contributed by atoms with Gasteiger partial charge in [-0.15, -0.1) is 0 Å². The number of azide groups is 1. The molecular weight excluding hydrogens is 286 g/mol. The van der Waals surface area contributed by atoms with Gasteiger partial charge in [0.15, 0.2) is 11.9 Å². The third-order valence-corrected chi connectivity index (χ3v) is 6.29. The predicted octanol–water partition coefficient (Wildman–Crippen LogP) is 3.50. The minimum absolute atomic E-state index is 0.0804. The van der Waals surface area contributed by atoms with Crippen LogP contribution in [0.1, 0.15) is 46.5 Å². The summed E-state index contributed by atoms with van der Waals surface area (Å²) in [6.07, 6.45) is 2.92. The first-order valence-corrected chi connectivity index (χ1v) is 8.24. The van der Waals surface area contributed by atoms with Crippen molar-refractivity contribution in [2.45, 2.75) is 70.4 Å². The number of hydrogen-bond donors (Lipinski definition) is 0. The molecule has 8 atom stereocenters. The van der Waals surface area contributed by atoms with Gasteiger partial charge in [0.2, 0.25) is 5.79 Å². The topological polar surface area (TPSA) is 85.7 Å². The molecule has 4 aliphatic heterocycles. The third kappa shape index (κ3) is 1.80. The molecule has 0 aromatic rings. The summed E-state index contributed by atoms with van der Waals surface area (Å²) in [5.41, 5.74) is 8.24. The maximum atomic E-state index is 8.82. The third-order valence-electron chi connectivity index (χ3n) is 6.29. The van der Waals surface area contributed by atoms with Crippen LogP contribution in [0.15, 0.2) is 5.11 Å². The molecule has 22 heavy (non-hydrogen) atoms. The highest BCUT2D eigenvalue weighted by Gasteiger charge is 2.69. The average molecular weight is 309 g/mol. The summed E-state index contributed by atoms with van der Waals surface area (Å²) in [4.78, 5) is 14.7. The Morgan fingerprint density at radius 1 is 1.14 bits per heavy atom. The van der Waals surface area contributed by atoms with Crippen molar-refractivity contribution in [2.75, 3.05) is 0 Å². The van der Waals surface area contributed by atoms with Crippen LogP contribution in [0.4, 0.5) is 0 Å². The first kappa shape index (κ1) is 14.7. The standard InChI is InChI=1S/C15H23N3O4/c1-8-4-5-11-9(2)12(17-18-16)19-13-15(11)10(8)6-7-14(3,20-13)21-22-15/h8-13H,4-7H2,1-3H3/t8-,9-,10+,11+,12-,13?,14-,15-/m1/s1. The quantitative estimate of drug-likeness (QED) is 0.321. The predicted molar refractivity (Wildman–Crippen MR) is 76.0 cm³/mol. The van der Waals surface area contributed by atoms with E-state index in [2.05, 4.69) is 23.9 Å². The highest BCUT2D eigenvalue weighted by Crippen LogP contribution is 2.60. The Balaban J connectivity index is 1.80. The Kier molecular flexibility index (Phi) is 3.23. The second-order valence-corrected chi connectivity index (χ2v) is 7.50. The van der Waals surface area contributed by atoms with Crippen molar-refractivity contribution in [1.82, 2.24) is 0 Å². The van der Waals surface area contributed by atoms with Gasteiger partial charge >= 0.3 is 0 Å². The Hall–Kier alpha value is -0.850. The second-order valence-electron chi connectivity index (χ2n) is 7.50. The molecule has 122 valence electrons. The molecule has 0 aromatic heterocycles. The monoisotopic (exact) mass is 309 g/mol. The molecule has 2 bridgehead atoms. The Labute approximate surface area is 129 Å². The van der Waals surface area contributed by atoms with Gasteiger partial charge in [-0.2, -0.15) is 0 Å². The van der Waals surface area contributed by atoms with Gasteiger partial charge in [0, 0.05) is 17.3 Å². The van der Waals surface area contributed by atoms with E-state index in [1.54, 1.807) is 0 Å². The minimum atomic E-state index is -0.779. The zero-order valence-corrected chi connectivity index (χ0v) is 13.3. The largest absolute Gasteiger partial charge is 0.340 e. The summed E-state index contributed by atoms with van der Waals surface area (Å²) in [7, 11) is 0. The van der Waals surface area contributed by atoms with Gasteiger partial charge in [-0.1, -0.05) is 19.0 Å². The molecule has 5 rings (SSSR count). The van der Waals surface area contributed by atoms with Gasteiger partial charge in [0.05, 0.1) is 0 Å². The number of ether oxygens (including phenoxy) is 2. The number of fused-ring (bicyclic) bond motifs is 2. The van der Waals surface area contributed by atoms with Crippen LogP contribution in [-0.2, 0) is 19.2 Å². The molecule has 4 saturated heterocycles. The first-order chi connectivity index (χ1) is 10.5. The van der Waals surface area contributed by atoms with Crippen molar-refractivity contribution < 1.29 is 19.2 Å². The molecule has 5 aliphatic rings. The van der Waals surface area contributed by atoms with Gasteiger partial charge in [-0.3, -0.25) is 0 Å². The molecule has 1 spiro atoms. The Bertz CT molecular complexity index is 525. The van der Waals surface area contributed by atoms with E-state index in [0.29, 0.717) is 11.8 Å². The van der Waals surface area contributed by atoms with Gasteiger partial charge in [-0.25, -0.2) is 9.78 Å². The van der Waals surface area contributed by atoms with E-state index in [4.69, 9.17) is 24.8 Å². The van der Waals surface area contributed by atoms with E-state index in [9.17, 15) is 0 Å². The zero-order valence-electron chi connectivity index (χ0n) is 13.3. The van der Waals surface area contributed by atoms with Crippen LogP contribution in [0.25, 0.3) is 10.4 Å². The molecule has 0 amide bonds. The SMILES string of the molecule is C[C@H]1[C@H](N=[N+]=[N-])OC2O[C@@]3(C)CC[C@H]4[C@H](C)CC[C@@H]1[C@@]24OO3. The summed E-state index contributed by atoms with van der Waals surface area (Å²) in [6.45, 7) is 6.24. The van der Waals surface area contributed by atoms with Crippen molar-refractivity contribution >= 4 is 0 Å². The van der Waals surface area contributed by atoms with Crippen LogP contribution in [0.3, 0.4) is 0 Å². The van der Waals surface area contributed by atoms with E-state index in [-0.39, 0.29) is 11.8 Å². The van der Waals surface area contributed by atoms with Crippen LogP contribution >= 0.6 is 0 Å². The average Bonchev–Trinajstić information content (AvgIpc) is 2.71. The molecule has 0 aromatic carbocycles. The fourth-order valence-corrected chi connectivity index (χ4v) is 5.07. The van der Waals surface area contributed by atoms with Crippen molar-refractivity contribution in [2.24, 2.45) is 28.8 Å². The molecule has 1 saturated carbocycles. The second kappa shape index (κ2) is 4.82.